The molecule has 3 heterocycles. The number of aromatic nitrogens is 3. The first-order valence-electron chi connectivity index (χ1n) is 35.3. The number of aryl methyl sites for hydroxylation is 1. The lowest BCUT2D eigenvalue weighted by Gasteiger charge is -2.27. The molecule has 0 radical (unpaired) electrons. The van der Waals surface area contributed by atoms with Crippen LogP contribution in [-0.4, -0.2) is 187 Å². The monoisotopic (exact) mass is 1450 g/mol. The molecule has 1 aromatic carbocycles. The van der Waals surface area contributed by atoms with E-state index in [0.29, 0.717) is 46.1 Å². The van der Waals surface area contributed by atoms with Crippen molar-refractivity contribution in [1.82, 2.24) is 46.2 Å². The van der Waals surface area contributed by atoms with Crippen molar-refractivity contribution in [2.75, 3.05) is 77.8 Å². The highest BCUT2D eigenvalue weighted by Crippen LogP contribution is 2.59. The summed E-state index contributed by atoms with van der Waals surface area (Å²) < 4.78 is 40.3. The Morgan fingerprint density at radius 1 is 0.646 bits per heavy atom. The van der Waals surface area contributed by atoms with Crippen LogP contribution in [0.5, 0.6) is 5.75 Å². The molecule has 2 aliphatic carbocycles. The first-order chi connectivity index (χ1) is 47.2. The second-order valence-electron chi connectivity index (χ2n) is 28.0. The number of likely N-dealkylation sites (tertiary alicyclic amines) is 1. The number of benzene rings is 1. The zero-order valence-corrected chi connectivity index (χ0v) is 60.9. The van der Waals surface area contributed by atoms with Crippen molar-refractivity contribution in [3.8, 4) is 5.75 Å². The van der Waals surface area contributed by atoms with Crippen LogP contribution >= 0.6 is 15.9 Å². The molecule has 6 N–H and O–H groups in total. The molecule has 0 bridgehead atoms. The fraction of sp³-hybridized carbons (Fsp3) is 0.690. The largest absolute Gasteiger partial charge is 0.460 e. The lowest BCUT2D eigenvalue weighted by Crippen LogP contribution is -2.47. The van der Waals surface area contributed by atoms with Crippen LogP contribution in [-0.2, 0) is 73.3 Å². The van der Waals surface area contributed by atoms with Gasteiger partial charge in [0.05, 0.1) is 45.2 Å². The number of nitrogens with one attached hydrogen (secondary N) is 6. The number of pyridine rings is 1. The highest BCUT2D eigenvalue weighted by atomic mass is 79.9. The van der Waals surface area contributed by atoms with Gasteiger partial charge in [-0.3, -0.25) is 43.0 Å². The number of halogens is 1. The van der Waals surface area contributed by atoms with Gasteiger partial charge in [-0.05, 0) is 139 Å². The van der Waals surface area contributed by atoms with Crippen LogP contribution in [0.3, 0.4) is 0 Å². The predicted molar refractivity (Wildman–Crippen MR) is 372 cm³/mol. The van der Waals surface area contributed by atoms with Gasteiger partial charge < -0.3 is 70.0 Å². The molecule has 2 aromatic heterocycles. The number of carbonyl (C=O) groups is 10. The lowest BCUT2D eigenvalue weighted by molar-refractivity contribution is -0.159. The first kappa shape index (κ1) is 80.8. The van der Waals surface area contributed by atoms with Crippen LogP contribution < -0.4 is 36.6 Å². The molecule has 0 spiro atoms. The standard InChI is InChI=1S/C71H107BrN10O17/c1-48-25-31-57(72)78-65(48)79-66(90)55-42-71(43-56(71)82(55)62(88)44-81-54-30-28-51(97-68(92)76-50-26-27-50)41-52(54)64(80-81)49(2)83)47-75-61(87)46-96-40-38-94-36-34-74-60(86)45-95-39-37-93-35-33-73-58(84)32-29-53(67(91)99-70(6,7)8)77-59(85)23-21-19-17-15-13-11-9-10-12-14-16-18-20-22-24-63(89)98-69(3,4)5/h25,28,30-31,41,50,53,55-56H,9-24,26-27,29,32-40,42-47H2,1-8H3,(H,73,84)(H,74,86)(H,75,87)(H,76,92)(H,77,85)(H,78,79,90)/t53-,55-,56+,71-/m0/s1. The average Bonchev–Trinajstić information content (AvgIpc) is 1.54. The third-order valence-electron chi connectivity index (χ3n) is 16.9. The van der Waals surface area contributed by atoms with Crippen molar-refractivity contribution in [2.45, 2.75) is 239 Å². The Kier molecular flexibility index (Phi) is 33.4. The summed E-state index contributed by atoms with van der Waals surface area (Å²) in [6.45, 7) is 14.8. The van der Waals surface area contributed by atoms with E-state index in [1.54, 1.807) is 56.9 Å². The molecule has 99 heavy (non-hydrogen) atoms. The zero-order valence-electron chi connectivity index (χ0n) is 59.3. The quantitative estimate of drug-likeness (QED) is 0.0133. The van der Waals surface area contributed by atoms with E-state index < -0.39 is 64.5 Å². The maximum absolute atomic E-state index is 14.4. The van der Waals surface area contributed by atoms with Crippen LogP contribution in [0.1, 0.15) is 206 Å². The third-order valence-corrected chi connectivity index (χ3v) is 17.3. The second kappa shape index (κ2) is 40.9. The van der Waals surface area contributed by atoms with E-state index in [2.05, 4.69) is 57.9 Å². The second-order valence-corrected chi connectivity index (χ2v) is 28.8. The number of carbonyl (C=O) groups excluding carboxylic acids is 10. The van der Waals surface area contributed by atoms with Gasteiger partial charge in [-0.25, -0.2) is 14.6 Å². The van der Waals surface area contributed by atoms with Gasteiger partial charge in [-0.1, -0.05) is 83.1 Å². The van der Waals surface area contributed by atoms with E-state index >= 15 is 0 Å². The summed E-state index contributed by atoms with van der Waals surface area (Å²) in [5, 5.41) is 21.7. The molecule has 4 atom stereocenters. The third kappa shape index (κ3) is 30.3. The van der Waals surface area contributed by atoms with Gasteiger partial charge in [0.2, 0.25) is 35.4 Å². The number of amides is 7. The average molecular weight is 1450 g/mol. The molecule has 0 unspecified atom stereocenters. The van der Waals surface area contributed by atoms with Crippen LogP contribution in [0.4, 0.5) is 10.6 Å². The summed E-state index contributed by atoms with van der Waals surface area (Å²) in [6, 6.07) is 6.06. The number of nitrogens with zero attached hydrogens (tertiary/aromatic N) is 4. The van der Waals surface area contributed by atoms with Crippen LogP contribution in [0.2, 0.25) is 0 Å². The fourth-order valence-corrected chi connectivity index (χ4v) is 11.9. The Labute approximate surface area is 590 Å². The van der Waals surface area contributed by atoms with Crippen LogP contribution in [0, 0.1) is 12.3 Å². The number of hydrogen-bond acceptors (Lipinski definition) is 19. The smallest absolute Gasteiger partial charge is 0.412 e. The van der Waals surface area contributed by atoms with Crippen molar-refractivity contribution < 1.29 is 81.1 Å². The molecule has 7 amide bonds. The highest BCUT2D eigenvalue weighted by molar-refractivity contribution is 9.10. The normalized spacial score (nSPS) is 16.7. The van der Waals surface area contributed by atoms with Gasteiger partial charge in [0.15, 0.2) is 5.78 Å². The van der Waals surface area contributed by atoms with Crippen molar-refractivity contribution in [1.29, 1.82) is 0 Å². The summed E-state index contributed by atoms with van der Waals surface area (Å²) in [7, 11) is 0. The highest BCUT2D eigenvalue weighted by Gasteiger charge is 2.67. The molecule has 27 nitrogen and oxygen atoms in total. The van der Waals surface area contributed by atoms with E-state index in [0.717, 1.165) is 51.4 Å². The van der Waals surface area contributed by atoms with Crippen molar-refractivity contribution >= 4 is 91.9 Å². The number of Topliss-reactive ketones (excluding diaryl/α,β-unsaturated/α-hetero) is 1. The molecule has 1 aliphatic heterocycles. The van der Waals surface area contributed by atoms with Crippen molar-refractivity contribution in [3.05, 3.63) is 46.2 Å². The Morgan fingerprint density at radius 2 is 1.21 bits per heavy atom. The Hall–Kier alpha value is -7.14. The molecule has 550 valence electrons. The van der Waals surface area contributed by atoms with Gasteiger partial charge in [0.25, 0.3) is 0 Å². The summed E-state index contributed by atoms with van der Waals surface area (Å²) in [6.07, 6.45) is 18.2. The van der Waals surface area contributed by atoms with Crippen molar-refractivity contribution in [3.63, 3.8) is 0 Å². The number of anilines is 1. The van der Waals surface area contributed by atoms with E-state index in [1.807, 2.05) is 20.8 Å². The number of hydrogen-bond donors (Lipinski definition) is 6. The molecule has 3 aromatic rings. The van der Waals surface area contributed by atoms with E-state index in [1.165, 1.54) is 62.6 Å². The molecular weight excluding hydrogens is 1340 g/mol. The summed E-state index contributed by atoms with van der Waals surface area (Å²) in [4.78, 5) is 136. The summed E-state index contributed by atoms with van der Waals surface area (Å²) >= 11 is 3.36. The van der Waals surface area contributed by atoms with Crippen LogP contribution in [0.25, 0.3) is 10.9 Å². The molecule has 2 saturated carbocycles. The molecule has 1 saturated heterocycles. The SMILES string of the molecule is CC(=O)c1nn(CC(=O)N2[C@H](C(=O)Nc3nc(Br)ccc3C)C[C@@]3(CNC(=O)COCCOCCNC(=O)COCCOCCNC(=O)CC[C@H](NC(=O)CCCCCCCCCCCCCCCCC(=O)OC(C)(C)C)C(=O)OC(C)(C)C)C[C@@H]23)c2ccc(OC(=O)NC3CC3)cc12. The number of esters is 2. The Balaban J connectivity index is 0.772. The number of piperidine rings is 1. The maximum Gasteiger partial charge on any atom is 0.412 e. The molecule has 3 aliphatic rings. The summed E-state index contributed by atoms with van der Waals surface area (Å²) in [5.74, 6) is -2.73. The van der Waals surface area contributed by atoms with Gasteiger partial charge in [-0.2, -0.15) is 5.10 Å². The first-order valence-corrected chi connectivity index (χ1v) is 36.1. The van der Waals surface area contributed by atoms with Gasteiger partial charge in [0, 0.05) is 68.7 Å². The van der Waals surface area contributed by atoms with Gasteiger partial charge in [-0.15, -0.1) is 0 Å². The Morgan fingerprint density at radius 3 is 1.80 bits per heavy atom. The van der Waals surface area contributed by atoms with Gasteiger partial charge in [0.1, 0.15) is 64.9 Å². The zero-order chi connectivity index (χ0) is 72.0. The number of fused-ring (bicyclic) bond motifs is 2. The van der Waals surface area contributed by atoms with E-state index in [-0.39, 0.29) is 152 Å². The number of unbranched alkanes of at least 4 members (excludes halogenated alkanes) is 13. The maximum atomic E-state index is 14.4. The van der Waals surface area contributed by atoms with Gasteiger partial charge >= 0.3 is 18.0 Å². The predicted octanol–water partition coefficient (Wildman–Crippen LogP) is 8.56. The van der Waals surface area contributed by atoms with Crippen molar-refractivity contribution in [2.24, 2.45) is 5.41 Å². The van der Waals surface area contributed by atoms with E-state index in [9.17, 15) is 47.9 Å². The summed E-state index contributed by atoms with van der Waals surface area (Å²) in [5.41, 5.74) is -0.548. The minimum atomic E-state index is -0.966. The molecular formula is C71H107BrN10O17. The minimum absolute atomic E-state index is 0.0148. The number of rotatable bonds is 47. The number of ether oxygens (including phenoxy) is 7. The lowest BCUT2D eigenvalue weighted by atomic mass is 9.99. The minimum Gasteiger partial charge on any atom is -0.460 e. The van der Waals surface area contributed by atoms with E-state index in [4.69, 9.17) is 33.2 Å². The Bertz CT molecular complexity index is 3180. The molecule has 3 fully saturated rings. The molecule has 28 heteroatoms. The number of ketones is 1. The molecule has 6 rings (SSSR count). The van der Waals surface area contributed by atoms with Crippen LogP contribution in [0.15, 0.2) is 34.9 Å². The fourth-order valence-electron chi connectivity index (χ4n) is 11.6. The topological polar surface area (TPSA) is 341 Å².